The van der Waals surface area contributed by atoms with Crippen LogP contribution in [0.15, 0.2) is 0 Å². The van der Waals surface area contributed by atoms with Crippen molar-refractivity contribution in [3.8, 4) is 0 Å². The summed E-state index contributed by atoms with van der Waals surface area (Å²) in [5.74, 6) is 0.676. The van der Waals surface area contributed by atoms with Crippen molar-refractivity contribution >= 4 is 18.2 Å². The van der Waals surface area contributed by atoms with Crippen molar-refractivity contribution < 1.29 is 14.0 Å². The van der Waals surface area contributed by atoms with Gasteiger partial charge in [-0.1, -0.05) is 141 Å². The fraction of sp³-hybridized carbons (Fsp3) is 1.00. The molecule has 29 heavy (non-hydrogen) atoms. The third kappa shape index (κ3) is 24.6. The van der Waals surface area contributed by atoms with E-state index in [1.165, 1.54) is 103 Å². The molecular formula is C24H50O3PS-. The van der Waals surface area contributed by atoms with Gasteiger partial charge in [0.05, 0.1) is 6.61 Å². The van der Waals surface area contributed by atoms with Crippen LogP contribution in [-0.4, -0.2) is 12.4 Å². The Morgan fingerprint density at radius 1 is 0.586 bits per heavy atom. The van der Waals surface area contributed by atoms with E-state index in [1.807, 2.05) is 0 Å². The average molecular weight is 450 g/mol. The summed E-state index contributed by atoms with van der Waals surface area (Å²) < 4.78 is 17.1. The second-order valence-electron chi connectivity index (χ2n) is 8.48. The molecule has 0 aromatic carbocycles. The summed E-state index contributed by atoms with van der Waals surface area (Å²) in [5.41, 5.74) is 0. The van der Waals surface area contributed by atoms with Gasteiger partial charge in [-0.2, -0.15) is 0 Å². The first kappa shape index (κ1) is 29.5. The Hall–Kier alpha value is 0.500. The van der Waals surface area contributed by atoms with Crippen LogP contribution in [0.5, 0.6) is 0 Å². The standard InChI is InChI=1S/C24H51O3PS/c1-3-5-7-9-11-13-15-17-19-21-23-27-28(25,26)29-24-22-20-18-16-14-12-10-8-6-4-2/h3-24H2,1-2H3,(H,25,26)/p-1. The maximum Gasteiger partial charge on any atom is 0.192 e. The molecule has 0 amide bonds. The molecule has 176 valence electrons. The summed E-state index contributed by atoms with van der Waals surface area (Å²) in [6.07, 6.45) is 25.3. The van der Waals surface area contributed by atoms with E-state index >= 15 is 0 Å². The van der Waals surface area contributed by atoms with Gasteiger partial charge in [-0.05, 0) is 12.8 Å². The maximum absolute atomic E-state index is 11.9. The molecule has 0 bridgehead atoms. The van der Waals surface area contributed by atoms with Crippen molar-refractivity contribution in [3.63, 3.8) is 0 Å². The lowest BCUT2D eigenvalue weighted by Gasteiger charge is -2.22. The molecule has 0 aliphatic carbocycles. The van der Waals surface area contributed by atoms with Crippen LogP contribution in [0.1, 0.15) is 142 Å². The van der Waals surface area contributed by atoms with Crippen LogP contribution in [0.25, 0.3) is 0 Å². The Morgan fingerprint density at radius 3 is 1.34 bits per heavy atom. The van der Waals surface area contributed by atoms with Crippen molar-refractivity contribution in [1.29, 1.82) is 0 Å². The first-order valence-corrected chi connectivity index (χ1v) is 15.9. The highest BCUT2D eigenvalue weighted by atomic mass is 32.7. The Morgan fingerprint density at radius 2 is 0.931 bits per heavy atom. The van der Waals surface area contributed by atoms with E-state index < -0.39 is 6.80 Å². The monoisotopic (exact) mass is 449 g/mol. The molecule has 0 heterocycles. The fourth-order valence-corrected chi connectivity index (χ4v) is 6.06. The molecule has 0 fully saturated rings. The summed E-state index contributed by atoms with van der Waals surface area (Å²) in [5, 5.41) is 0. The molecule has 0 aliphatic heterocycles. The van der Waals surface area contributed by atoms with E-state index in [-0.39, 0.29) is 0 Å². The highest BCUT2D eigenvalue weighted by Gasteiger charge is 2.08. The van der Waals surface area contributed by atoms with Crippen molar-refractivity contribution in [2.75, 3.05) is 12.4 Å². The molecule has 0 spiro atoms. The van der Waals surface area contributed by atoms with E-state index in [2.05, 4.69) is 13.8 Å². The second kappa shape index (κ2) is 23.2. The summed E-state index contributed by atoms with van der Waals surface area (Å²) in [6.45, 7) is 1.18. The zero-order chi connectivity index (χ0) is 21.5. The van der Waals surface area contributed by atoms with Crippen molar-refractivity contribution in [1.82, 2.24) is 0 Å². The molecule has 5 heteroatoms. The van der Waals surface area contributed by atoms with Gasteiger partial charge in [-0.3, -0.25) is 4.57 Å². The summed E-state index contributed by atoms with van der Waals surface area (Å²) in [6, 6.07) is 0. The molecule has 3 nitrogen and oxygen atoms in total. The van der Waals surface area contributed by atoms with Crippen LogP contribution in [-0.2, 0) is 9.09 Å². The van der Waals surface area contributed by atoms with Gasteiger partial charge in [0.2, 0.25) is 0 Å². The largest absolute Gasteiger partial charge is 0.770 e. The van der Waals surface area contributed by atoms with Crippen LogP contribution >= 0.6 is 18.2 Å². The first-order valence-electron chi connectivity index (χ1n) is 12.7. The van der Waals surface area contributed by atoms with Crippen LogP contribution in [0.4, 0.5) is 0 Å². The second-order valence-corrected chi connectivity index (χ2v) is 12.4. The van der Waals surface area contributed by atoms with Crippen molar-refractivity contribution in [2.24, 2.45) is 0 Å². The minimum absolute atomic E-state index is 0.363. The Bertz CT molecular complexity index is 336. The fourth-order valence-electron chi connectivity index (χ4n) is 3.57. The number of rotatable bonds is 24. The molecule has 1 atom stereocenters. The molecule has 0 saturated heterocycles. The van der Waals surface area contributed by atoms with E-state index in [0.717, 1.165) is 37.1 Å². The third-order valence-electron chi connectivity index (χ3n) is 5.49. The number of hydrogen-bond donors (Lipinski definition) is 0. The lowest BCUT2D eigenvalue weighted by atomic mass is 10.1. The smallest absolute Gasteiger partial charge is 0.192 e. The third-order valence-corrected chi connectivity index (χ3v) is 8.59. The topological polar surface area (TPSA) is 49.4 Å². The number of hydrogen-bond acceptors (Lipinski definition) is 4. The Balaban J connectivity index is 3.31. The molecule has 1 unspecified atom stereocenters. The van der Waals surface area contributed by atoms with Crippen molar-refractivity contribution in [2.45, 2.75) is 142 Å². The molecule has 0 rings (SSSR count). The normalized spacial score (nSPS) is 13.6. The maximum atomic E-state index is 11.9. The lowest BCUT2D eigenvalue weighted by molar-refractivity contribution is -0.189. The molecule has 0 aromatic rings. The molecule has 0 aromatic heterocycles. The van der Waals surface area contributed by atoms with E-state index in [4.69, 9.17) is 4.52 Å². The van der Waals surface area contributed by atoms with Gasteiger partial charge in [0.15, 0.2) is 6.80 Å². The minimum Gasteiger partial charge on any atom is -0.770 e. The van der Waals surface area contributed by atoms with E-state index in [0.29, 0.717) is 12.4 Å². The lowest BCUT2D eigenvalue weighted by Crippen LogP contribution is -2.03. The SMILES string of the molecule is CCCCCCCCCCCCOP(=O)([O-])SCCCCCCCCCCCC. The summed E-state index contributed by atoms with van der Waals surface area (Å²) in [7, 11) is 0. The number of unbranched alkanes of at least 4 members (excludes halogenated alkanes) is 18. The first-order chi connectivity index (χ1) is 14.1. The van der Waals surface area contributed by atoms with Gasteiger partial charge in [0.25, 0.3) is 0 Å². The Kier molecular flexibility index (Phi) is 23.6. The van der Waals surface area contributed by atoms with Crippen LogP contribution in [0, 0.1) is 0 Å². The van der Waals surface area contributed by atoms with Gasteiger partial charge in [-0.15, -0.1) is 0 Å². The zero-order valence-electron chi connectivity index (χ0n) is 19.6. The minimum atomic E-state index is -3.68. The predicted molar refractivity (Wildman–Crippen MR) is 130 cm³/mol. The van der Waals surface area contributed by atoms with E-state index in [1.54, 1.807) is 0 Å². The van der Waals surface area contributed by atoms with E-state index in [9.17, 15) is 9.46 Å². The van der Waals surface area contributed by atoms with Crippen molar-refractivity contribution in [3.05, 3.63) is 0 Å². The summed E-state index contributed by atoms with van der Waals surface area (Å²) in [4.78, 5) is 11.9. The quantitative estimate of drug-likeness (QED) is 0.109. The van der Waals surface area contributed by atoms with Gasteiger partial charge < -0.3 is 9.42 Å². The average Bonchev–Trinajstić information content (AvgIpc) is 2.70. The highest BCUT2D eigenvalue weighted by Crippen LogP contribution is 2.51. The predicted octanol–water partition coefficient (Wildman–Crippen LogP) is 9.05. The highest BCUT2D eigenvalue weighted by molar-refractivity contribution is 8.54. The van der Waals surface area contributed by atoms with Gasteiger partial charge in [-0.25, -0.2) is 0 Å². The zero-order valence-corrected chi connectivity index (χ0v) is 21.3. The van der Waals surface area contributed by atoms with Gasteiger partial charge >= 0.3 is 0 Å². The Labute approximate surface area is 186 Å². The van der Waals surface area contributed by atoms with Gasteiger partial charge in [0, 0.05) is 5.75 Å². The summed E-state index contributed by atoms with van der Waals surface area (Å²) >= 11 is 1.02. The molecular weight excluding hydrogens is 399 g/mol. The molecule has 0 aliphatic rings. The molecule has 0 saturated carbocycles. The van der Waals surface area contributed by atoms with Crippen LogP contribution in [0.2, 0.25) is 0 Å². The molecule has 0 N–H and O–H groups in total. The van der Waals surface area contributed by atoms with Gasteiger partial charge in [0.1, 0.15) is 0 Å². The molecule has 0 radical (unpaired) electrons. The van der Waals surface area contributed by atoms with Crippen LogP contribution in [0.3, 0.4) is 0 Å². The van der Waals surface area contributed by atoms with Crippen LogP contribution < -0.4 is 4.89 Å².